The number of hydrogen-bond donors (Lipinski definition) is 2. The Morgan fingerprint density at radius 1 is 1.35 bits per heavy atom. The summed E-state index contributed by atoms with van der Waals surface area (Å²) < 4.78 is 5.55. The lowest BCUT2D eigenvalue weighted by atomic mass is 9.89. The molecule has 4 nitrogen and oxygen atoms in total. The molecule has 0 atom stereocenters. The van der Waals surface area contributed by atoms with E-state index in [2.05, 4.69) is 12.2 Å². The van der Waals surface area contributed by atoms with E-state index in [0.29, 0.717) is 12.3 Å². The molecule has 110 valence electrons. The van der Waals surface area contributed by atoms with Crippen LogP contribution in [0.3, 0.4) is 0 Å². The third-order valence-corrected chi connectivity index (χ3v) is 4.07. The molecule has 2 rings (SSSR count). The molecule has 0 aliphatic heterocycles. The van der Waals surface area contributed by atoms with Gasteiger partial charge in [-0.25, -0.2) is 0 Å². The van der Waals surface area contributed by atoms with Gasteiger partial charge >= 0.3 is 0 Å². The highest BCUT2D eigenvalue weighted by atomic mass is 16.5. The standard InChI is InChI=1S/C16H24N2O2/c1-16(8-4-5-9-16)12-18-15(19)11-20-14-7-3-2-6-13(14)10-17/h2-3,6-7H,4-5,8-12,17H2,1H3,(H,18,19). The van der Waals surface area contributed by atoms with Crippen molar-refractivity contribution in [3.63, 3.8) is 0 Å². The van der Waals surface area contributed by atoms with Crippen molar-refractivity contribution in [1.29, 1.82) is 0 Å². The predicted molar refractivity (Wildman–Crippen MR) is 79.4 cm³/mol. The van der Waals surface area contributed by atoms with Crippen molar-refractivity contribution in [3.8, 4) is 5.75 Å². The van der Waals surface area contributed by atoms with Crippen LogP contribution in [-0.4, -0.2) is 19.1 Å². The highest BCUT2D eigenvalue weighted by Crippen LogP contribution is 2.36. The molecule has 0 spiro atoms. The average molecular weight is 276 g/mol. The fourth-order valence-electron chi connectivity index (χ4n) is 2.72. The third kappa shape index (κ3) is 3.97. The number of rotatable bonds is 6. The molecule has 0 saturated heterocycles. The van der Waals surface area contributed by atoms with E-state index in [0.717, 1.165) is 12.1 Å². The maximum absolute atomic E-state index is 11.8. The van der Waals surface area contributed by atoms with E-state index in [1.165, 1.54) is 25.7 Å². The van der Waals surface area contributed by atoms with E-state index in [1.807, 2.05) is 24.3 Å². The molecule has 0 bridgehead atoms. The van der Waals surface area contributed by atoms with Crippen molar-refractivity contribution in [2.24, 2.45) is 11.1 Å². The van der Waals surface area contributed by atoms with E-state index < -0.39 is 0 Å². The number of para-hydroxylation sites is 1. The maximum atomic E-state index is 11.8. The number of carbonyl (C=O) groups is 1. The van der Waals surface area contributed by atoms with Gasteiger partial charge in [-0.2, -0.15) is 0 Å². The minimum atomic E-state index is -0.0649. The smallest absolute Gasteiger partial charge is 0.257 e. The first-order valence-corrected chi connectivity index (χ1v) is 7.30. The first-order valence-electron chi connectivity index (χ1n) is 7.30. The van der Waals surface area contributed by atoms with Gasteiger partial charge in [0.1, 0.15) is 5.75 Å². The number of nitrogens with two attached hydrogens (primary N) is 1. The third-order valence-electron chi connectivity index (χ3n) is 4.07. The second-order valence-electron chi connectivity index (χ2n) is 5.90. The molecule has 1 fully saturated rings. The molecule has 3 N–H and O–H groups in total. The van der Waals surface area contributed by atoms with Crippen molar-refractivity contribution in [3.05, 3.63) is 29.8 Å². The lowest BCUT2D eigenvalue weighted by Gasteiger charge is -2.23. The quantitative estimate of drug-likeness (QED) is 0.837. The van der Waals surface area contributed by atoms with Crippen molar-refractivity contribution in [2.75, 3.05) is 13.2 Å². The van der Waals surface area contributed by atoms with Gasteiger partial charge in [-0.1, -0.05) is 38.0 Å². The Kier molecular flexibility index (Phi) is 5.01. The second-order valence-corrected chi connectivity index (χ2v) is 5.90. The SMILES string of the molecule is CC1(CNC(=O)COc2ccccc2CN)CCCC1. The van der Waals surface area contributed by atoms with E-state index >= 15 is 0 Å². The van der Waals surface area contributed by atoms with Gasteiger partial charge in [0.2, 0.25) is 0 Å². The van der Waals surface area contributed by atoms with Crippen molar-refractivity contribution < 1.29 is 9.53 Å². The molecule has 1 aromatic rings. The largest absolute Gasteiger partial charge is 0.483 e. The van der Waals surface area contributed by atoms with Crippen LogP contribution in [0.5, 0.6) is 5.75 Å². The lowest BCUT2D eigenvalue weighted by molar-refractivity contribution is -0.123. The van der Waals surface area contributed by atoms with Gasteiger partial charge < -0.3 is 15.8 Å². The van der Waals surface area contributed by atoms with Crippen LogP contribution in [0.25, 0.3) is 0 Å². The van der Waals surface area contributed by atoms with Crippen LogP contribution in [0, 0.1) is 5.41 Å². The molecule has 0 aromatic heterocycles. The molecule has 4 heteroatoms. The Morgan fingerprint density at radius 2 is 2.05 bits per heavy atom. The molecule has 1 aliphatic carbocycles. The summed E-state index contributed by atoms with van der Waals surface area (Å²) in [6.07, 6.45) is 4.94. The summed E-state index contributed by atoms with van der Waals surface area (Å²) in [6, 6.07) is 7.54. The molecular formula is C16H24N2O2. The van der Waals surface area contributed by atoms with Gasteiger partial charge in [0, 0.05) is 18.7 Å². The van der Waals surface area contributed by atoms with Crippen LogP contribution in [0.4, 0.5) is 0 Å². The number of carbonyl (C=O) groups excluding carboxylic acids is 1. The van der Waals surface area contributed by atoms with Gasteiger partial charge in [0.05, 0.1) is 0 Å². The van der Waals surface area contributed by atoms with Gasteiger partial charge in [-0.3, -0.25) is 4.79 Å². The normalized spacial score (nSPS) is 16.9. The minimum Gasteiger partial charge on any atom is -0.483 e. The van der Waals surface area contributed by atoms with Gasteiger partial charge in [-0.05, 0) is 24.3 Å². The molecular weight excluding hydrogens is 252 g/mol. The van der Waals surface area contributed by atoms with Gasteiger partial charge in [0.15, 0.2) is 6.61 Å². The minimum absolute atomic E-state index is 0.0487. The number of amides is 1. The van der Waals surface area contributed by atoms with Crippen LogP contribution in [-0.2, 0) is 11.3 Å². The molecule has 1 amide bonds. The van der Waals surface area contributed by atoms with Crippen molar-refractivity contribution >= 4 is 5.91 Å². The van der Waals surface area contributed by atoms with Crippen LogP contribution < -0.4 is 15.8 Å². The molecule has 20 heavy (non-hydrogen) atoms. The Labute approximate surface area is 120 Å². The Balaban J connectivity index is 1.77. The highest BCUT2D eigenvalue weighted by Gasteiger charge is 2.28. The fraction of sp³-hybridized carbons (Fsp3) is 0.562. The van der Waals surface area contributed by atoms with Gasteiger partial charge in [0.25, 0.3) is 5.91 Å². The monoisotopic (exact) mass is 276 g/mol. The molecule has 0 heterocycles. The highest BCUT2D eigenvalue weighted by molar-refractivity contribution is 5.77. The lowest BCUT2D eigenvalue weighted by Crippen LogP contribution is -2.36. The van der Waals surface area contributed by atoms with Crippen LogP contribution in [0.15, 0.2) is 24.3 Å². The Bertz CT molecular complexity index is 454. The van der Waals surface area contributed by atoms with Crippen molar-refractivity contribution in [1.82, 2.24) is 5.32 Å². The summed E-state index contributed by atoms with van der Waals surface area (Å²) in [5.41, 5.74) is 6.82. The van der Waals surface area contributed by atoms with E-state index in [4.69, 9.17) is 10.5 Å². The summed E-state index contributed by atoms with van der Waals surface area (Å²) >= 11 is 0. The molecule has 1 saturated carbocycles. The Hall–Kier alpha value is -1.55. The molecule has 1 aromatic carbocycles. The maximum Gasteiger partial charge on any atom is 0.257 e. The topological polar surface area (TPSA) is 64.3 Å². The van der Waals surface area contributed by atoms with Crippen molar-refractivity contribution in [2.45, 2.75) is 39.2 Å². The zero-order valence-electron chi connectivity index (χ0n) is 12.2. The summed E-state index contributed by atoms with van der Waals surface area (Å²) in [6.45, 7) is 3.45. The fourth-order valence-corrected chi connectivity index (χ4v) is 2.72. The average Bonchev–Trinajstić information content (AvgIpc) is 2.90. The summed E-state index contributed by atoms with van der Waals surface area (Å²) in [5, 5.41) is 2.98. The Morgan fingerprint density at radius 3 is 2.75 bits per heavy atom. The van der Waals surface area contributed by atoms with Crippen LogP contribution in [0.2, 0.25) is 0 Å². The molecule has 0 radical (unpaired) electrons. The van der Waals surface area contributed by atoms with Gasteiger partial charge in [-0.15, -0.1) is 0 Å². The second kappa shape index (κ2) is 6.75. The summed E-state index contributed by atoms with van der Waals surface area (Å²) in [5.74, 6) is 0.627. The molecule has 1 aliphatic rings. The zero-order valence-corrected chi connectivity index (χ0v) is 12.2. The predicted octanol–water partition coefficient (Wildman–Crippen LogP) is 2.22. The van der Waals surface area contributed by atoms with E-state index in [1.54, 1.807) is 0 Å². The molecule has 0 unspecified atom stereocenters. The van der Waals surface area contributed by atoms with E-state index in [9.17, 15) is 4.79 Å². The van der Waals surface area contributed by atoms with Crippen LogP contribution in [0.1, 0.15) is 38.2 Å². The van der Waals surface area contributed by atoms with E-state index in [-0.39, 0.29) is 17.9 Å². The number of nitrogens with one attached hydrogen (secondary N) is 1. The number of ether oxygens (including phenoxy) is 1. The van der Waals surface area contributed by atoms with Crippen LogP contribution >= 0.6 is 0 Å². The number of benzene rings is 1. The zero-order chi connectivity index (χ0) is 14.4. The first-order chi connectivity index (χ1) is 9.63. The summed E-state index contributed by atoms with van der Waals surface area (Å²) in [7, 11) is 0. The number of hydrogen-bond acceptors (Lipinski definition) is 3. The summed E-state index contributed by atoms with van der Waals surface area (Å²) in [4.78, 5) is 11.8. The first kappa shape index (κ1) is 14.9.